The Morgan fingerprint density at radius 1 is 1.05 bits per heavy atom. The van der Waals surface area contributed by atoms with E-state index in [4.69, 9.17) is 5.41 Å². The summed E-state index contributed by atoms with van der Waals surface area (Å²) in [4.78, 5) is 23.7. The van der Waals surface area contributed by atoms with E-state index in [9.17, 15) is 19.8 Å². The molecule has 7 heteroatoms. The molecule has 2 rings (SSSR count). The number of nitrogens with one attached hydrogen (secondary N) is 1. The molecule has 0 unspecified atom stereocenters. The Labute approximate surface area is 113 Å². The third kappa shape index (κ3) is 1.99. The fourth-order valence-corrected chi connectivity index (χ4v) is 1.82. The maximum atomic E-state index is 12.0. The quantitative estimate of drug-likeness (QED) is 0.665. The number of rotatable bonds is 2. The van der Waals surface area contributed by atoms with E-state index in [1.165, 1.54) is 38.4 Å². The zero-order chi connectivity index (χ0) is 15.0. The van der Waals surface area contributed by atoms with Crippen LogP contribution in [-0.2, 0) is 14.1 Å². The van der Waals surface area contributed by atoms with Crippen LogP contribution < -0.4 is 11.2 Å². The summed E-state index contributed by atoms with van der Waals surface area (Å²) in [6.07, 6.45) is 0. The van der Waals surface area contributed by atoms with Crippen molar-refractivity contribution >= 4 is 5.71 Å². The zero-order valence-corrected chi connectivity index (χ0v) is 10.9. The van der Waals surface area contributed by atoms with Gasteiger partial charge in [-0.05, 0) is 24.3 Å². The average molecular weight is 275 g/mol. The van der Waals surface area contributed by atoms with Gasteiger partial charge in [0.2, 0.25) is 5.88 Å². The Hall–Kier alpha value is -2.83. The van der Waals surface area contributed by atoms with E-state index in [-0.39, 0.29) is 17.0 Å². The van der Waals surface area contributed by atoms with Gasteiger partial charge in [-0.15, -0.1) is 0 Å². The van der Waals surface area contributed by atoms with E-state index in [2.05, 4.69) is 0 Å². The molecule has 0 bridgehead atoms. The molecule has 1 aromatic carbocycles. The second-order valence-corrected chi connectivity index (χ2v) is 4.33. The van der Waals surface area contributed by atoms with E-state index in [1.807, 2.05) is 0 Å². The molecule has 0 radical (unpaired) electrons. The molecule has 2 aromatic rings. The molecule has 0 saturated carbocycles. The molecule has 0 saturated heterocycles. The molecule has 3 N–H and O–H groups in total. The Balaban J connectivity index is 2.70. The van der Waals surface area contributed by atoms with E-state index in [0.29, 0.717) is 5.56 Å². The fraction of sp³-hybridized carbons (Fsp3) is 0.154. The number of aromatic nitrogens is 2. The van der Waals surface area contributed by atoms with Crippen LogP contribution in [0.2, 0.25) is 0 Å². The summed E-state index contributed by atoms with van der Waals surface area (Å²) in [6.45, 7) is 0. The molecule has 0 aliphatic carbocycles. The van der Waals surface area contributed by atoms with Gasteiger partial charge in [-0.25, -0.2) is 4.79 Å². The summed E-state index contributed by atoms with van der Waals surface area (Å²) in [6, 6.07) is 5.63. The second-order valence-electron chi connectivity index (χ2n) is 4.33. The van der Waals surface area contributed by atoms with Gasteiger partial charge in [0.1, 0.15) is 11.3 Å². The minimum Gasteiger partial charge on any atom is -0.508 e. The minimum absolute atomic E-state index is 0.0270. The number of hydrogen-bond donors (Lipinski definition) is 3. The molecule has 20 heavy (non-hydrogen) atoms. The lowest BCUT2D eigenvalue weighted by Gasteiger charge is -2.11. The van der Waals surface area contributed by atoms with Gasteiger partial charge < -0.3 is 10.2 Å². The van der Waals surface area contributed by atoms with Crippen molar-refractivity contribution < 1.29 is 10.2 Å². The van der Waals surface area contributed by atoms with Gasteiger partial charge in [0.05, 0.1) is 5.71 Å². The summed E-state index contributed by atoms with van der Waals surface area (Å²) in [7, 11) is 2.59. The lowest BCUT2D eigenvalue weighted by Crippen LogP contribution is -2.40. The first-order valence-electron chi connectivity index (χ1n) is 5.72. The largest absolute Gasteiger partial charge is 0.508 e. The maximum Gasteiger partial charge on any atom is 0.333 e. The Kier molecular flexibility index (Phi) is 3.19. The molecule has 7 nitrogen and oxygen atoms in total. The highest BCUT2D eigenvalue weighted by molar-refractivity contribution is 6.11. The molecule has 1 heterocycles. The van der Waals surface area contributed by atoms with Crippen molar-refractivity contribution in [3.8, 4) is 11.6 Å². The molecular weight excluding hydrogens is 262 g/mol. The van der Waals surface area contributed by atoms with Gasteiger partial charge >= 0.3 is 5.69 Å². The van der Waals surface area contributed by atoms with Crippen molar-refractivity contribution in [1.29, 1.82) is 5.41 Å². The first-order valence-corrected chi connectivity index (χ1v) is 5.72. The van der Waals surface area contributed by atoms with E-state index in [1.54, 1.807) is 0 Å². The average Bonchev–Trinajstić information content (AvgIpc) is 2.44. The van der Waals surface area contributed by atoms with Gasteiger partial charge in [0.25, 0.3) is 5.56 Å². The van der Waals surface area contributed by atoms with Crippen LogP contribution >= 0.6 is 0 Å². The third-order valence-corrected chi connectivity index (χ3v) is 3.04. The Bertz CT molecular complexity index is 800. The van der Waals surface area contributed by atoms with Gasteiger partial charge in [-0.1, -0.05) is 0 Å². The number of benzene rings is 1. The Morgan fingerprint density at radius 3 is 2.15 bits per heavy atom. The summed E-state index contributed by atoms with van der Waals surface area (Å²) in [5.41, 5.74) is -1.56. The van der Waals surface area contributed by atoms with E-state index in [0.717, 1.165) is 9.13 Å². The van der Waals surface area contributed by atoms with Gasteiger partial charge in [0.15, 0.2) is 0 Å². The number of hydrogen-bond acceptors (Lipinski definition) is 5. The zero-order valence-electron chi connectivity index (χ0n) is 10.9. The highest BCUT2D eigenvalue weighted by Gasteiger charge is 2.19. The predicted octanol–water partition coefficient (Wildman–Crippen LogP) is -0.0886. The first kappa shape index (κ1) is 13.6. The fourth-order valence-electron chi connectivity index (χ4n) is 1.82. The van der Waals surface area contributed by atoms with Crippen LogP contribution in [0.25, 0.3) is 0 Å². The normalized spacial score (nSPS) is 10.5. The maximum absolute atomic E-state index is 12.0. The SMILES string of the molecule is Cn1c(O)c(C(=N)c2ccc(O)cc2)c(=O)n(C)c1=O. The Morgan fingerprint density at radius 2 is 1.60 bits per heavy atom. The van der Waals surface area contributed by atoms with Crippen LogP contribution in [0.5, 0.6) is 11.6 Å². The van der Waals surface area contributed by atoms with Crippen molar-refractivity contribution in [3.63, 3.8) is 0 Å². The molecule has 0 atom stereocenters. The summed E-state index contributed by atoms with van der Waals surface area (Å²) < 4.78 is 1.72. The van der Waals surface area contributed by atoms with Crippen molar-refractivity contribution in [1.82, 2.24) is 9.13 Å². The molecule has 1 aromatic heterocycles. The molecule has 0 aliphatic heterocycles. The lowest BCUT2D eigenvalue weighted by atomic mass is 10.0. The number of nitrogens with zero attached hydrogens (tertiary/aromatic N) is 2. The van der Waals surface area contributed by atoms with Gasteiger partial charge in [-0.2, -0.15) is 0 Å². The van der Waals surface area contributed by atoms with Crippen LogP contribution in [0.4, 0.5) is 0 Å². The van der Waals surface area contributed by atoms with Crippen molar-refractivity contribution in [3.05, 3.63) is 56.2 Å². The highest BCUT2D eigenvalue weighted by Crippen LogP contribution is 2.16. The van der Waals surface area contributed by atoms with Crippen LogP contribution in [-0.4, -0.2) is 25.1 Å². The number of phenolic OH excluding ortho intramolecular Hbond substituents is 1. The van der Waals surface area contributed by atoms with Crippen molar-refractivity contribution in [2.24, 2.45) is 14.1 Å². The topological polar surface area (TPSA) is 108 Å². The van der Waals surface area contributed by atoms with Crippen molar-refractivity contribution in [2.75, 3.05) is 0 Å². The standard InChI is InChI=1S/C13H13N3O4/c1-15-11(18)9(12(19)16(2)13(15)20)10(14)7-3-5-8(17)6-4-7/h3-6,14,17-18H,1-2H3. The molecule has 0 aliphatic rings. The van der Waals surface area contributed by atoms with Crippen LogP contribution in [0, 0.1) is 5.41 Å². The predicted molar refractivity (Wildman–Crippen MR) is 72.6 cm³/mol. The summed E-state index contributed by atoms with van der Waals surface area (Å²) in [5, 5.41) is 27.2. The lowest BCUT2D eigenvalue weighted by molar-refractivity contribution is 0.410. The summed E-state index contributed by atoms with van der Waals surface area (Å²) in [5.74, 6) is -0.532. The monoisotopic (exact) mass is 275 g/mol. The van der Waals surface area contributed by atoms with Gasteiger partial charge in [-0.3, -0.25) is 19.3 Å². The van der Waals surface area contributed by atoms with Crippen LogP contribution in [0.3, 0.4) is 0 Å². The number of phenols is 1. The van der Waals surface area contributed by atoms with Gasteiger partial charge in [0, 0.05) is 19.7 Å². The summed E-state index contributed by atoms with van der Waals surface area (Å²) >= 11 is 0. The molecular formula is C13H13N3O4. The first-order chi connectivity index (χ1) is 9.34. The smallest absolute Gasteiger partial charge is 0.333 e. The van der Waals surface area contributed by atoms with Crippen LogP contribution in [0.1, 0.15) is 11.1 Å². The number of aromatic hydroxyl groups is 2. The van der Waals surface area contributed by atoms with E-state index < -0.39 is 17.1 Å². The highest BCUT2D eigenvalue weighted by atomic mass is 16.3. The molecule has 0 amide bonds. The minimum atomic E-state index is -0.747. The van der Waals surface area contributed by atoms with E-state index >= 15 is 0 Å². The van der Waals surface area contributed by atoms with Crippen molar-refractivity contribution in [2.45, 2.75) is 0 Å². The third-order valence-electron chi connectivity index (χ3n) is 3.04. The molecule has 0 fully saturated rings. The molecule has 0 spiro atoms. The molecule has 104 valence electrons. The second kappa shape index (κ2) is 4.69. The van der Waals surface area contributed by atoms with Crippen LogP contribution in [0.15, 0.2) is 33.9 Å².